The Balaban J connectivity index is 1.68. The van der Waals surface area contributed by atoms with Crippen molar-refractivity contribution in [2.24, 2.45) is 0 Å². The highest BCUT2D eigenvalue weighted by Gasteiger charge is 2.37. The zero-order chi connectivity index (χ0) is 16.7. The van der Waals surface area contributed by atoms with Gasteiger partial charge in [-0.05, 0) is 49.6 Å². The lowest BCUT2D eigenvalue weighted by molar-refractivity contribution is 0.171. The molecule has 0 radical (unpaired) electrons. The topological polar surface area (TPSA) is 55.8 Å². The molecule has 2 aliphatic rings. The van der Waals surface area contributed by atoms with Crippen LogP contribution < -0.4 is 9.47 Å². The van der Waals surface area contributed by atoms with E-state index in [1.807, 2.05) is 31.2 Å². The van der Waals surface area contributed by atoms with E-state index in [9.17, 15) is 8.42 Å². The minimum Gasteiger partial charge on any atom is -0.486 e. The molecule has 24 heavy (non-hydrogen) atoms. The van der Waals surface area contributed by atoms with Crippen molar-refractivity contribution in [3.8, 4) is 11.5 Å². The minimum atomic E-state index is -3.46. The number of rotatable bonds is 3. The fourth-order valence-electron chi connectivity index (χ4n) is 3.29. The van der Waals surface area contributed by atoms with Gasteiger partial charge >= 0.3 is 0 Å². The van der Waals surface area contributed by atoms with E-state index in [0.29, 0.717) is 29.7 Å². The average molecular weight is 365 g/mol. The van der Waals surface area contributed by atoms with Crippen molar-refractivity contribution < 1.29 is 17.9 Å². The van der Waals surface area contributed by atoms with E-state index in [1.54, 1.807) is 10.4 Å². The fraction of sp³-hybridized carbons (Fsp3) is 0.412. The first-order valence-electron chi connectivity index (χ1n) is 8.03. The lowest BCUT2D eigenvalue weighted by Crippen LogP contribution is -2.30. The van der Waals surface area contributed by atoms with Gasteiger partial charge in [-0.15, -0.1) is 11.3 Å². The summed E-state index contributed by atoms with van der Waals surface area (Å²) in [5.41, 5.74) is 0.966. The molecule has 128 valence electrons. The first-order valence-corrected chi connectivity index (χ1v) is 10.3. The van der Waals surface area contributed by atoms with Crippen LogP contribution in [0.25, 0.3) is 0 Å². The van der Waals surface area contributed by atoms with Gasteiger partial charge in [0.05, 0.1) is 6.04 Å². The third-order valence-electron chi connectivity index (χ3n) is 4.43. The van der Waals surface area contributed by atoms with Crippen LogP contribution in [0.4, 0.5) is 0 Å². The van der Waals surface area contributed by atoms with Crippen molar-refractivity contribution in [3.63, 3.8) is 0 Å². The predicted octanol–water partition coefficient (Wildman–Crippen LogP) is 3.35. The predicted molar refractivity (Wildman–Crippen MR) is 92.4 cm³/mol. The highest BCUT2D eigenvalue weighted by molar-refractivity contribution is 7.91. The summed E-state index contributed by atoms with van der Waals surface area (Å²) in [6.45, 7) is 3.55. The quantitative estimate of drug-likeness (QED) is 0.837. The van der Waals surface area contributed by atoms with Gasteiger partial charge in [-0.1, -0.05) is 6.07 Å². The molecule has 1 atom stereocenters. The van der Waals surface area contributed by atoms with Gasteiger partial charge in [-0.3, -0.25) is 0 Å². The molecule has 0 bridgehead atoms. The summed E-state index contributed by atoms with van der Waals surface area (Å²) in [6.07, 6.45) is 1.69. The molecule has 7 heteroatoms. The van der Waals surface area contributed by atoms with Crippen molar-refractivity contribution in [3.05, 3.63) is 40.8 Å². The molecule has 0 aliphatic carbocycles. The van der Waals surface area contributed by atoms with Gasteiger partial charge in [0, 0.05) is 11.4 Å². The lowest BCUT2D eigenvalue weighted by Gasteiger charge is -2.25. The normalized spacial score (nSPS) is 21.1. The molecule has 1 aromatic heterocycles. The van der Waals surface area contributed by atoms with Crippen molar-refractivity contribution >= 4 is 21.4 Å². The molecule has 1 saturated heterocycles. The Morgan fingerprint density at radius 3 is 2.67 bits per heavy atom. The zero-order valence-electron chi connectivity index (χ0n) is 13.4. The molecule has 2 aromatic rings. The summed E-state index contributed by atoms with van der Waals surface area (Å²) in [7, 11) is -3.46. The van der Waals surface area contributed by atoms with E-state index >= 15 is 0 Å². The summed E-state index contributed by atoms with van der Waals surface area (Å²) in [5.74, 6) is 1.43. The first-order chi connectivity index (χ1) is 11.6. The SMILES string of the molecule is Cc1ccc(S(=O)(=O)N2CCCC2c2ccc3c(c2)OCCO3)s1. The number of fused-ring (bicyclic) bond motifs is 1. The summed E-state index contributed by atoms with van der Waals surface area (Å²) in [6, 6.07) is 9.16. The van der Waals surface area contributed by atoms with Crippen LogP contribution in [0.2, 0.25) is 0 Å². The molecule has 1 aromatic carbocycles. The van der Waals surface area contributed by atoms with Gasteiger partial charge in [-0.2, -0.15) is 4.31 Å². The first kappa shape index (κ1) is 15.9. The van der Waals surface area contributed by atoms with E-state index in [0.717, 1.165) is 29.0 Å². The van der Waals surface area contributed by atoms with Gasteiger partial charge in [0.1, 0.15) is 17.4 Å². The molecule has 0 amide bonds. The maximum absolute atomic E-state index is 13.0. The van der Waals surface area contributed by atoms with E-state index in [4.69, 9.17) is 9.47 Å². The monoisotopic (exact) mass is 365 g/mol. The molecular formula is C17H19NO4S2. The molecule has 1 fully saturated rings. The molecule has 2 aliphatic heterocycles. The Hall–Kier alpha value is -1.57. The number of ether oxygens (including phenoxy) is 2. The molecule has 3 heterocycles. The van der Waals surface area contributed by atoms with Gasteiger partial charge in [0.15, 0.2) is 11.5 Å². The number of thiophene rings is 1. The summed E-state index contributed by atoms with van der Waals surface area (Å²) in [4.78, 5) is 1.00. The van der Waals surface area contributed by atoms with E-state index in [1.165, 1.54) is 11.3 Å². The standard InChI is InChI=1S/C17H19NO4S2/c1-12-4-7-17(23-12)24(19,20)18-8-2-3-14(18)13-5-6-15-16(11-13)22-10-9-21-15/h4-7,11,14H,2-3,8-10H2,1H3. The molecule has 0 N–H and O–H groups in total. The summed E-state index contributed by atoms with van der Waals surface area (Å²) < 4.78 is 39.2. The van der Waals surface area contributed by atoms with Crippen LogP contribution in [-0.2, 0) is 10.0 Å². The van der Waals surface area contributed by atoms with E-state index in [-0.39, 0.29) is 6.04 Å². The van der Waals surface area contributed by atoms with E-state index in [2.05, 4.69) is 0 Å². The highest BCUT2D eigenvalue weighted by atomic mass is 32.2. The highest BCUT2D eigenvalue weighted by Crippen LogP contribution is 2.41. The molecule has 4 rings (SSSR count). The number of nitrogens with zero attached hydrogens (tertiary/aromatic N) is 1. The zero-order valence-corrected chi connectivity index (χ0v) is 15.0. The fourth-order valence-corrected chi connectivity index (χ4v) is 6.39. The molecular weight excluding hydrogens is 346 g/mol. The van der Waals surface area contributed by atoms with Crippen LogP contribution in [0.15, 0.2) is 34.5 Å². The van der Waals surface area contributed by atoms with Gasteiger partial charge in [0.2, 0.25) is 0 Å². The lowest BCUT2D eigenvalue weighted by atomic mass is 10.0. The van der Waals surface area contributed by atoms with Crippen molar-refractivity contribution in [2.75, 3.05) is 19.8 Å². The number of aryl methyl sites for hydroxylation is 1. The van der Waals surface area contributed by atoms with Crippen LogP contribution in [0.1, 0.15) is 29.3 Å². The average Bonchev–Trinajstić information content (AvgIpc) is 3.24. The second-order valence-corrected chi connectivity index (χ2v) is 9.45. The second kappa shape index (κ2) is 6.06. The minimum absolute atomic E-state index is 0.145. The van der Waals surface area contributed by atoms with Crippen molar-refractivity contribution in [1.82, 2.24) is 4.31 Å². The van der Waals surface area contributed by atoms with Crippen LogP contribution >= 0.6 is 11.3 Å². The van der Waals surface area contributed by atoms with E-state index < -0.39 is 10.0 Å². The maximum Gasteiger partial charge on any atom is 0.253 e. The largest absolute Gasteiger partial charge is 0.486 e. The number of hydrogen-bond donors (Lipinski definition) is 0. The summed E-state index contributed by atoms with van der Waals surface area (Å²) in [5, 5.41) is 0. The Labute approximate surface area is 145 Å². The maximum atomic E-state index is 13.0. The number of hydrogen-bond acceptors (Lipinski definition) is 5. The van der Waals surface area contributed by atoms with Gasteiger partial charge < -0.3 is 9.47 Å². The van der Waals surface area contributed by atoms with Crippen LogP contribution in [0.3, 0.4) is 0 Å². The Kier molecular flexibility index (Phi) is 4.02. The van der Waals surface area contributed by atoms with Crippen LogP contribution in [0.5, 0.6) is 11.5 Å². The van der Waals surface area contributed by atoms with Gasteiger partial charge in [-0.25, -0.2) is 8.42 Å². The smallest absolute Gasteiger partial charge is 0.253 e. The number of benzene rings is 1. The molecule has 1 unspecified atom stereocenters. The second-order valence-electron chi connectivity index (χ2n) is 6.04. The third kappa shape index (κ3) is 2.70. The summed E-state index contributed by atoms with van der Waals surface area (Å²) >= 11 is 1.33. The Morgan fingerprint density at radius 2 is 1.92 bits per heavy atom. The molecule has 0 spiro atoms. The Bertz CT molecular complexity index is 859. The molecule has 5 nitrogen and oxygen atoms in total. The number of sulfonamides is 1. The van der Waals surface area contributed by atoms with Crippen molar-refractivity contribution in [1.29, 1.82) is 0 Å². The van der Waals surface area contributed by atoms with Crippen LogP contribution in [-0.4, -0.2) is 32.5 Å². The molecule has 0 saturated carbocycles. The van der Waals surface area contributed by atoms with Crippen LogP contribution in [0, 0.1) is 6.92 Å². The van der Waals surface area contributed by atoms with Crippen molar-refractivity contribution in [2.45, 2.75) is 30.0 Å². The Morgan fingerprint density at radius 1 is 1.12 bits per heavy atom. The third-order valence-corrected chi connectivity index (χ3v) is 7.81. The van der Waals surface area contributed by atoms with Gasteiger partial charge in [0.25, 0.3) is 10.0 Å².